The topological polar surface area (TPSA) is 20.2 Å². The van der Waals surface area contributed by atoms with E-state index in [2.05, 4.69) is 15.9 Å². The molecule has 0 spiro atoms. The summed E-state index contributed by atoms with van der Waals surface area (Å²) in [5, 5.41) is 10.1. The van der Waals surface area contributed by atoms with Gasteiger partial charge < -0.3 is 5.11 Å². The molecule has 1 N–H and O–H groups in total. The number of hydrogen-bond acceptors (Lipinski definition) is 1. The fourth-order valence-corrected chi connectivity index (χ4v) is 2.43. The molecule has 0 aliphatic carbocycles. The largest absolute Gasteiger partial charge is 0.416 e. The zero-order valence-electron chi connectivity index (χ0n) is 10.4. The van der Waals surface area contributed by atoms with Gasteiger partial charge in [-0.3, -0.25) is 0 Å². The van der Waals surface area contributed by atoms with E-state index in [4.69, 9.17) is 0 Å². The number of aliphatic hydroxyl groups excluding tert-OH is 1. The highest BCUT2D eigenvalue weighted by Crippen LogP contribution is 2.34. The van der Waals surface area contributed by atoms with Crippen molar-refractivity contribution in [2.75, 3.05) is 0 Å². The van der Waals surface area contributed by atoms with Crippen molar-refractivity contribution < 1.29 is 18.3 Å². The van der Waals surface area contributed by atoms with Gasteiger partial charge in [0.25, 0.3) is 0 Å². The average Bonchev–Trinajstić information content (AvgIpc) is 2.39. The van der Waals surface area contributed by atoms with Crippen LogP contribution in [-0.4, -0.2) is 5.11 Å². The lowest BCUT2D eigenvalue weighted by molar-refractivity contribution is -0.137. The van der Waals surface area contributed by atoms with E-state index in [9.17, 15) is 18.3 Å². The predicted molar refractivity (Wildman–Crippen MR) is 74.2 cm³/mol. The van der Waals surface area contributed by atoms with E-state index in [1.165, 1.54) is 6.07 Å². The Labute approximate surface area is 123 Å². The molecule has 0 saturated carbocycles. The van der Waals surface area contributed by atoms with Gasteiger partial charge in [0.05, 0.1) is 11.7 Å². The maximum atomic E-state index is 12.7. The van der Waals surface area contributed by atoms with Crippen molar-refractivity contribution in [2.24, 2.45) is 0 Å². The highest BCUT2D eigenvalue weighted by atomic mass is 79.9. The van der Waals surface area contributed by atoms with Crippen LogP contribution < -0.4 is 0 Å². The van der Waals surface area contributed by atoms with Crippen LogP contribution in [0, 0.1) is 0 Å². The van der Waals surface area contributed by atoms with Gasteiger partial charge in [-0.2, -0.15) is 13.2 Å². The SMILES string of the molecule is OC(Cc1ccccc1)c1cc(C(F)(F)F)ccc1Br. The molecule has 2 rings (SSSR count). The molecule has 0 saturated heterocycles. The molecule has 0 radical (unpaired) electrons. The Balaban J connectivity index is 2.27. The Hall–Kier alpha value is -1.33. The first-order valence-electron chi connectivity index (χ1n) is 5.96. The number of benzene rings is 2. The fraction of sp³-hybridized carbons (Fsp3) is 0.200. The normalized spacial score (nSPS) is 13.2. The molecule has 20 heavy (non-hydrogen) atoms. The molecule has 1 atom stereocenters. The average molecular weight is 345 g/mol. The Morgan fingerprint density at radius 3 is 2.30 bits per heavy atom. The lowest BCUT2D eigenvalue weighted by Gasteiger charge is -2.15. The molecule has 0 fully saturated rings. The summed E-state index contributed by atoms with van der Waals surface area (Å²) in [7, 11) is 0. The Morgan fingerprint density at radius 2 is 1.70 bits per heavy atom. The highest BCUT2D eigenvalue weighted by Gasteiger charge is 2.31. The second kappa shape index (κ2) is 5.97. The summed E-state index contributed by atoms with van der Waals surface area (Å²) < 4.78 is 38.5. The third-order valence-electron chi connectivity index (χ3n) is 2.95. The first-order valence-corrected chi connectivity index (χ1v) is 6.76. The van der Waals surface area contributed by atoms with Crippen molar-refractivity contribution >= 4 is 15.9 Å². The Bertz CT molecular complexity index is 581. The number of rotatable bonds is 3. The van der Waals surface area contributed by atoms with Crippen molar-refractivity contribution in [1.29, 1.82) is 0 Å². The zero-order chi connectivity index (χ0) is 14.8. The first kappa shape index (κ1) is 15.1. The fourth-order valence-electron chi connectivity index (χ4n) is 1.92. The molecule has 1 unspecified atom stereocenters. The molecule has 2 aromatic rings. The van der Waals surface area contributed by atoms with Crippen LogP contribution in [0.25, 0.3) is 0 Å². The minimum atomic E-state index is -4.41. The summed E-state index contributed by atoms with van der Waals surface area (Å²) in [5.74, 6) is 0. The summed E-state index contributed by atoms with van der Waals surface area (Å²) in [6.07, 6.45) is -5.14. The van der Waals surface area contributed by atoms with E-state index in [-0.39, 0.29) is 12.0 Å². The van der Waals surface area contributed by atoms with Gasteiger partial charge in [0.2, 0.25) is 0 Å². The summed E-state index contributed by atoms with van der Waals surface area (Å²) in [5.41, 5.74) is 0.343. The summed E-state index contributed by atoms with van der Waals surface area (Å²) >= 11 is 3.18. The molecule has 0 amide bonds. The van der Waals surface area contributed by atoms with E-state index < -0.39 is 17.8 Å². The molecule has 2 aromatic carbocycles. The lowest BCUT2D eigenvalue weighted by Crippen LogP contribution is -2.08. The monoisotopic (exact) mass is 344 g/mol. The van der Waals surface area contributed by atoms with E-state index in [1.54, 1.807) is 0 Å². The smallest absolute Gasteiger partial charge is 0.388 e. The van der Waals surface area contributed by atoms with Crippen molar-refractivity contribution in [3.63, 3.8) is 0 Å². The maximum Gasteiger partial charge on any atom is 0.416 e. The van der Waals surface area contributed by atoms with E-state index in [0.717, 1.165) is 17.7 Å². The Morgan fingerprint density at radius 1 is 1.05 bits per heavy atom. The van der Waals surface area contributed by atoms with Crippen LogP contribution in [-0.2, 0) is 12.6 Å². The van der Waals surface area contributed by atoms with Gasteiger partial charge in [-0.1, -0.05) is 46.3 Å². The zero-order valence-corrected chi connectivity index (χ0v) is 11.9. The summed E-state index contributed by atoms with van der Waals surface area (Å²) in [4.78, 5) is 0. The number of alkyl halides is 3. The van der Waals surface area contributed by atoms with Gasteiger partial charge in [0, 0.05) is 10.9 Å². The van der Waals surface area contributed by atoms with Crippen LogP contribution in [0.3, 0.4) is 0 Å². The van der Waals surface area contributed by atoms with Crippen molar-refractivity contribution in [3.05, 3.63) is 69.7 Å². The molecular weight excluding hydrogens is 333 g/mol. The standard InChI is InChI=1S/C15H12BrF3O/c16-13-7-6-11(15(17,18)19)9-12(13)14(20)8-10-4-2-1-3-5-10/h1-7,9,14,20H,8H2. The molecule has 0 aliphatic rings. The molecular formula is C15H12BrF3O. The van der Waals surface area contributed by atoms with Crippen LogP contribution in [0.4, 0.5) is 13.2 Å². The highest BCUT2D eigenvalue weighted by molar-refractivity contribution is 9.10. The Kier molecular flexibility index (Phi) is 4.50. The van der Waals surface area contributed by atoms with Crippen molar-refractivity contribution in [1.82, 2.24) is 0 Å². The second-order valence-electron chi connectivity index (χ2n) is 4.44. The maximum absolute atomic E-state index is 12.7. The molecule has 0 aromatic heterocycles. The third kappa shape index (κ3) is 3.61. The van der Waals surface area contributed by atoms with Gasteiger partial charge in [0.1, 0.15) is 0 Å². The lowest BCUT2D eigenvalue weighted by atomic mass is 9.99. The van der Waals surface area contributed by atoms with Crippen LogP contribution in [0.5, 0.6) is 0 Å². The second-order valence-corrected chi connectivity index (χ2v) is 5.29. The van der Waals surface area contributed by atoms with E-state index >= 15 is 0 Å². The van der Waals surface area contributed by atoms with Crippen molar-refractivity contribution in [2.45, 2.75) is 18.7 Å². The predicted octanol–water partition coefficient (Wildman–Crippen LogP) is 4.74. The van der Waals surface area contributed by atoms with Gasteiger partial charge in [-0.05, 0) is 29.3 Å². The van der Waals surface area contributed by atoms with Crippen LogP contribution in [0.15, 0.2) is 53.0 Å². The van der Waals surface area contributed by atoms with Crippen LogP contribution in [0.1, 0.15) is 22.8 Å². The van der Waals surface area contributed by atoms with Gasteiger partial charge in [-0.15, -0.1) is 0 Å². The minimum Gasteiger partial charge on any atom is -0.388 e. The quantitative estimate of drug-likeness (QED) is 0.852. The molecule has 0 aliphatic heterocycles. The molecule has 1 nitrogen and oxygen atoms in total. The first-order chi connectivity index (χ1) is 9.38. The number of halogens is 4. The van der Waals surface area contributed by atoms with E-state index in [1.807, 2.05) is 30.3 Å². The molecule has 5 heteroatoms. The van der Waals surface area contributed by atoms with Gasteiger partial charge in [-0.25, -0.2) is 0 Å². The van der Waals surface area contributed by atoms with Crippen LogP contribution >= 0.6 is 15.9 Å². The summed E-state index contributed by atoms with van der Waals surface area (Å²) in [6, 6.07) is 12.4. The van der Waals surface area contributed by atoms with Gasteiger partial charge >= 0.3 is 6.18 Å². The number of aliphatic hydroxyl groups is 1. The minimum absolute atomic E-state index is 0.240. The molecule has 106 valence electrons. The summed E-state index contributed by atoms with van der Waals surface area (Å²) in [6.45, 7) is 0. The van der Waals surface area contributed by atoms with E-state index in [0.29, 0.717) is 4.47 Å². The van der Waals surface area contributed by atoms with Crippen molar-refractivity contribution in [3.8, 4) is 0 Å². The van der Waals surface area contributed by atoms with Gasteiger partial charge in [0.15, 0.2) is 0 Å². The number of hydrogen-bond donors (Lipinski definition) is 1. The third-order valence-corrected chi connectivity index (χ3v) is 3.68. The van der Waals surface area contributed by atoms with Crippen LogP contribution in [0.2, 0.25) is 0 Å². The molecule has 0 heterocycles. The molecule has 0 bridgehead atoms.